The number of nitrogens with zero attached hydrogens (tertiary/aromatic N) is 2. The molecule has 100 valence electrons. The molecule has 0 saturated carbocycles. The minimum atomic E-state index is -1.54. The van der Waals surface area contributed by atoms with Gasteiger partial charge in [-0.15, -0.1) is 0 Å². The topological polar surface area (TPSA) is 89.2 Å². The fourth-order valence-electron chi connectivity index (χ4n) is 1.84. The van der Waals surface area contributed by atoms with E-state index in [1.807, 2.05) is 18.2 Å². The molecule has 0 atom stereocenters. The molecular weight excluding hydrogens is 253 g/mol. The number of nitriles is 1. The summed E-state index contributed by atoms with van der Waals surface area (Å²) in [6.07, 6.45) is 2.45. The zero-order chi connectivity index (χ0) is 14.4. The Morgan fingerprint density at radius 2 is 2.10 bits per heavy atom. The van der Waals surface area contributed by atoms with Crippen LogP contribution in [0.15, 0.2) is 42.6 Å². The number of nitrogens with one attached hydrogen (secondary N) is 1. The highest BCUT2D eigenvalue weighted by molar-refractivity contribution is 6.58. The molecule has 0 fully saturated rings. The first-order chi connectivity index (χ1) is 9.70. The number of pyridine rings is 1. The normalized spacial score (nSPS) is 9.85. The van der Waals surface area contributed by atoms with Gasteiger partial charge in [0.2, 0.25) is 0 Å². The minimum absolute atomic E-state index is 0.351. The lowest BCUT2D eigenvalue weighted by Gasteiger charge is -2.10. The molecule has 0 spiro atoms. The van der Waals surface area contributed by atoms with Crippen molar-refractivity contribution in [2.75, 3.05) is 11.9 Å². The standard InChI is InChI=1S/C14H14BN3O2/c16-10-11-4-5-12(15(19)20)9-14(11)18-8-6-13-3-1-2-7-17-13/h1-5,7,9,18-20H,6,8H2. The van der Waals surface area contributed by atoms with Crippen LogP contribution < -0.4 is 10.8 Å². The van der Waals surface area contributed by atoms with Gasteiger partial charge in [-0.2, -0.15) is 5.26 Å². The van der Waals surface area contributed by atoms with Gasteiger partial charge in [-0.1, -0.05) is 12.1 Å². The summed E-state index contributed by atoms with van der Waals surface area (Å²) in [5.41, 5.74) is 2.37. The highest BCUT2D eigenvalue weighted by Gasteiger charge is 2.13. The largest absolute Gasteiger partial charge is 0.488 e. The van der Waals surface area contributed by atoms with Gasteiger partial charge in [-0.05, 0) is 29.7 Å². The number of benzene rings is 1. The van der Waals surface area contributed by atoms with Crippen molar-refractivity contribution >= 4 is 18.3 Å². The maximum Gasteiger partial charge on any atom is 0.488 e. The average Bonchev–Trinajstić information content (AvgIpc) is 2.48. The van der Waals surface area contributed by atoms with E-state index >= 15 is 0 Å². The smallest absolute Gasteiger partial charge is 0.423 e. The van der Waals surface area contributed by atoms with Crippen molar-refractivity contribution < 1.29 is 10.0 Å². The highest BCUT2D eigenvalue weighted by atomic mass is 16.4. The first kappa shape index (κ1) is 14.1. The van der Waals surface area contributed by atoms with Crippen molar-refractivity contribution in [1.29, 1.82) is 5.26 Å². The fourth-order valence-corrected chi connectivity index (χ4v) is 1.84. The Bertz CT molecular complexity index is 612. The van der Waals surface area contributed by atoms with E-state index in [0.717, 1.165) is 12.1 Å². The van der Waals surface area contributed by atoms with Gasteiger partial charge in [0.1, 0.15) is 6.07 Å². The fraction of sp³-hybridized carbons (Fsp3) is 0.143. The van der Waals surface area contributed by atoms with Crippen molar-refractivity contribution in [1.82, 2.24) is 4.98 Å². The molecule has 0 radical (unpaired) electrons. The number of aromatic nitrogens is 1. The van der Waals surface area contributed by atoms with Crippen molar-refractivity contribution in [2.45, 2.75) is 6.42 Å². The zero-order valence-electron chi connectivity index (χ0n) is 10.8. The average molecular weight is 267 g/mol. The summed E-state index contributed by atoms with van der Waals surface area (Å²) in [5.74, 6) is 0. The predicted molar refractivity (Wildman–Crippen MR) is 77.4 cm³/mol. The molecule has 0 saturated heterocycles. The predicted octanol–water partition coefficient (Wildman–Crippen LogP) is 0.288. The molecule has 20 heavy (non-hydrogen) atoms. The van der Waals surface area contributed by atoms with Gasteiger partial charge < -0.3 is 15.4 Å². The Morgan fingerprint density at radius 3 is 2.75 bits per heavy atom. The first-order valence-corrected chi connectivity index (χ1v) is 6.24. The summed E-state index contributed by atoms with van der Waals surface area (Å²) in [6, 6.07) is 12.4. The molecule has 1 heterocycles. The van der Waals surface area contributed by atoms with Gasteiger partial charge in [-0.25, -0.2) is 0 Å². The monoisotopic (exact) mass is 267 g/mol. The Labute approximate surface area is 117 Å². The third-order valence-electron chi connectivity index (χ3n) is 2.88. The van der Waals surface area contributed by atoms with Crippen LogP contribution in [-0.2, 0) is 6.42 Å². The molecule has 0 aliphatic rings. The van der Waals surface area contributed by atoms with E-state index in [-0.39, 0.29) is 0 Å². The van der Waals surface area contributed by atoms with E-state index < -0.39 is 7.12 Å². The third-order valence-corrected chi connectivity index (χ3v) is 2.88. The molecule has 2 aromatic rings. The molecule has 2 rings (SSSR count). The molecule has 1 aromatic heterocycles. The number of hydrogen-bond donors (Lipinski definition) is 3. The van der Waals surface area contributed by atoms with Crippen molar-refractivity contribution in [2.24, 2.45) is 0 Å². The molecule has 0 aliphatic heterocycles. The number of rotatable bonds is 5. The maximum absolute atomic E-state index is 9.15. The lowest BCUT2D eigenvalue weighted by Crippen LogP contribution is -2.30. The van der Waals surface area contributed by atoms with E-state index in [9.17, 15) is 0 Å². The van der Waals surface area contributed by atoms with E-state index in [4.69, 9.17) is 15.3 Å². The quantitative estimate of drug-likeness (QED) is 0.677. The molecule has 0 aliphatic carbocycles. The maximum atomic E-state index is 9.15. The molecule has 3 N–H and O–H groups in total. The van der Waals surface area contributed by atoms with Crippen LogP contribution in [0.25, 0.3) is 0 Å². The number of hydrogen-bond acceptors (Lipinski definition) is 5. The van der Waals surface area contributed by atoms with Crippen LogP contribution in [0.5, 0.6) is 0 Å². The molecule has 5 nitrogen and oxygen atoms in total. The lowest BCUT2D eigenvalue weighted by molar-refractivity contribution is 0.426. The molecule has 0 unspecified atom stereocenters. The minimum Gasteiger partial charge on any atom is -0.423 e. The molecule has 0 bridgehead atoms. The van der Waals surface area contributed by atoms with Crippen molar-refractivity contribution in [3.05, 3.63) is 53.9 Å². The molecular formula is C14H14BN3O2. The summed E-state index contributed by atoms with van der Waals surface area (Å²) >= 11 is 0. The van der Waals surface area contributed by atoms with Gasteiger partial charge in [0.15, 0.2) is 0 Å². The van der Waals surface area contributed by atoms with Crippen LogP contribution in [0.2, 0.25) is 0 Å². The van der Waals surface area contributed by atoms with E-state index in [2.05, 4.69) is 16.4 Å². The lowest BCUT2D eigenvalue weighted by atomic mass is 9.79. The SMILES string of the molecule is N#Cc1ccc(B(O)O)cc1NCCc1ccccn1. The Hall–Kier alpha value is -2.36. The van der Waals surface area contributed by atoms with Crippen LogP contribution in [-0.4, -0.2) is 28.7 Å². The summed E-state index contributed by atoms with van der Waals surface area (Å²) in [5, 5.41) is 30.5. The third kappa shape index (κ3) is 3.57. The summed E-state index contributed by atoms with van der Waals surface area (Å²) in [6.45, 7) is 0.608. The Morgan fingerprint density at radius 1 is 1.25 bits per heavy atom. The van der Waals surface area contributed by atoms with Crippen LogP contribution in [0.4, 0.5) is 5.69 Å². The molecule has 1 aromatic carbocycles. The van der Waals surface area contributed by atoms with Crippen LogP contribution in [0.3, 0.4) is 0 Å². The van der Waals surface area contributed by atoms with Crippen molar-refractivity contribution in [3.63, 3.8) is 0 Å². The second-order valence-corrected chi connectivity index (χ2v) is 4.29. The van der Waals surface area contributed by atoms with Crippen LogP contribution in [0.1, 0.15) is 11.3 Å². The van der Waals surface area contributed by atoms with E-state index in [0.29, 0.717) is 23.3 Å². The van der Waals surface area contributed by atoms with Crippen LogP contribution >= 0.6 is 0 Å². The van der Waals surface area contributed by atoms with Crippen molar-refractivity contribution in [3.8, 4) is 6.07 Å². The van der Waals surface area contributed by atoms with Gasteiger partial charge in [0.25, 0.3) is 0 Å². The van der Waals surface area contributed by atoms with Gasteiger partial charge in [0.05, 0.1) is 11.3 Å². The van der Waals surface area contributed by atoms with E-state index in [1.165, 1.54) is 6.07 Å². The first-order valence-electron chi connectivity index (χ1n) is 6.24. The molecule has 0 amide bonds. The Balaban J connectivity index is 2.05. The highest BCUT2D eigenvalue weighted by Crippen LogP contribution is 2.12. The second-order valence-electron chi connectivity index (χ2n) is 4.29. The number of anilines is 1. The molecule has 6 heteroatoms. The zero-order valence-corrected chi connectivity index (χ0v) is 10.8. The summed E-state index contributed by atoms with van der Waals surface area (Å²) in [4.78, 5) is 4.21. The van der Waals surface area contributed by atoms with Gasteiger partial charge in [0, 0.05) is 24.9 Å². The summed E-state index contributed by atoms with van der Waals surface area (Å²) < 4.78 is 0. The summed E-state index contributed by atoms with van der Waals surface area (Å²) in [7, 11) is -1.54. The second kappa shape index (κ2) is 6.71. The van der Waals surface area contributed by atoms with E-state index in [1.54, 1.807) is 18.3 Å². The Kier molecular flexibility index (Phi) is 4.72. The van der Waals surface area contributed by atoms with Crippen LogP contribution in [0, 0.1) is 11.3 Å². The van der Waals surface area contributed by atoms with Gasteiger partial charge >= 0.3 is 7.12 Å². The van der Waals surface area contributed by atoms with Gasteiger partial charge in [-0.3, -0.25) is 4.98 Å².